The first-order valence-corrected chi connectivity index (χ1v) is 8.04. The van der Waals surface area contributed by atoms with E-state index in [0.717, 1.165) is 18.9 Å². The summed E-state index contributed by atoms with van der Waals surface area (Å²) in [7, 11) is 0. The van der Waals surface area contributed by atoms with E-state index >= 15 is 0 Å². The zero-order chi connectivity index (χ0) is 13.9. The van der Waals surface area contributed by atoms with Gasteiger partial charge in [0.25, 0.3) is 0 Å². The lowest BCUT2D eigenvalue weighted by molar-refractivity contribution is -0.122. The molecule has 0 aromatic heterocycles. The van der Waals surface area contributed by atoms with Crippen LogP contribution in [0.5, 0.6) is 0 Å². The molecule has 0 bridgehead atoms. The van der Waals surface area contributed by atoms with Crippen LogP contribution < -0.4 is 10.6 Å². The Morgan fingerprint density at radius 1 is 1.16 bits per heavy atom. The minimum atomic E-state index is 0.214. The maximum atomic E-state index is 11.1. The molecule has 0 radical (unpaired) electrons. The topological polar surface area (TPSA) is 41.1 Å². The van der Waals surface area contributed by atoms with Crippen LogP contribution in [-0.2, 0) is 4.79 Å². The molecule has 1 aliphatic heterocycles. The molecular formula is C16H30N2O. The Kier molecular flexibility index (Phi) is 4.88. The van der Waals surface area contributed by atoms with Crippen molar-refractivity contribution in [3.63, 3.8) is 0 Å². The first kappa shape index (κ1) is 14.8. The fraction of sp³-hybridized carbons (Fsp3) is 0.938. The largest absolute Gasteiger partial charge is 0.355 e. The van der Waals surface area contributed by atoms with Crippen LogP contribution in [0, 0.1) is 11.3 Å². The summed E-state index contributed by atoms with van der Waals surface area (Å²) >= 11 is 0. The highest BCUT2D eigenvalue weighted by Gasteiger charge is 2.32. The number of carbonyl (C=O) groups excluding carboxylic acids is 1. The minimum absolute atomic E-state index is 0.214. The second-order valence-corrected chi connectivity index (χ2v) is 7.10. The highest BCUT2D eigenvalue weighted by Crippen LogP contribution is 2.40. The van der Waals surface area contributed by atoms with Crippen molar-refractivity contribution in [3.05, 3.63) is 0 Å². The van der Waals surface area contributed by atoms with Gasteiger partial charge in [-0.3, -0.25) is 4.79 Å². The molecule has 1 aliphatic carbocycles. The highest BCUT2D eigenvalue weighted by atomic mass is 16.1. The monoisotopic (exact) mass is 266 g/mol. The highest BCUT2D eigenvalue weighted by molar-refractivity contribution is 5.76. The lowest BCUT2D eigenvalue weighted by Gasteiger charge is -2.40. The average molecular weight is 266 g/mol. The zero-order valence-electron chi connectivity index (χ0n) is 12.8. The molecule has 1 atom stereocenters. The van der Waals surface area contributed by atoms with Crippen LogP contribution in [0.25, 0.3) is 0 Å². The summed E-state index contributed by atoms with van der Waals surface area (Å²) in [6.45, 7) is 7.97. The molecule has 0 aromatic rings. The Morgan fingerprint density at radius 2 is 1.84 bits per heavy atom. The molecule has 3 heteroatoms. The third-order valence-electron chi connectivity index (χ3n) is 5.48. The van der Waals surface area contributed by atoms with Gasteiger partial charge in [-0.2, -0.15) is 0 Å². The maximum absolute atomic E-state index is 11.1. The van der Waals surface area contributed by atoms with Crippen LogP contribution in [0.15, 0.2) is 0 Å². The lowest BCUT2D eigenvalue weighted by atomic mass is 9.69. The number of piperidine rings is 1. The second kappa shape index (κ2) is 6.25. The van der Waals surface area contributed by atoms with Crippen LogP contribution in [-0.4, -0.2) is 24.5 Å². The number of nitrogens with one attached hydrogen (secondary N) is 2. The maximum Gasteiger partial charge on any atom is 0.220 e. The van der Waals surface area contributed by atoms with Gasteiger partial charge < -0.3 is 10.6 Å². The molecule has 0 spiro atoms. The molecule has 3 nitrogen and oxygen atoms in total. The van der Waals surface area contributed by atoms with Crippen molar-refractivity contribution >= 4 is 5.91 Å². The van der Waals surface area contributed by atoms with Crippen LogP contribution in [0.4, 0.5) is 0 Å². The van der Waals surface area contributed by atoms with E-state index in [4.69, 9.17) is 0 Å². The van der Waals surface area contributed by atoms with Gasteiger partial charge in [-0.1, -0.05) is 27.2 Å². The van der Waals surface area contributed by atoms with Gasteiger partial charge in [0.05, 0.1) is 0 Å². The summed E-state index contributed by atoms with van der Waals surface area (Å²) in [6, 6.07) is 1.17. The van der Waals surface area contributed by atoms with Crippen molar-refractivity contribution < 1.29 is 4.79 Å². The summed E-state index contributed by atoms with van der Waals surface area (Å²) in [5.74, 6) is 1.10. The molecule has 2 fully saturated rings. The molecule has 2 N–H and O–H groups in total. The van der Waals surface area contributed by atoms with E-state index in [-0.39, 0.29) is 5.91 Å². The van der Waals surface area contributed by atoms with E-state index in [1.165, 1.54) is 32.1 Å². The van der Waals surface area contributed by atoms with Gasteiger partial charge >= 0.3 is 0 Å². The number of hydrogen-bond acceptors (Lipinski definition) is 2. The third-order valence-corrected chi connectivity index (χ3v) is 5.48. The van der Waals surface area contributed by atoms with Gasteiger partial charge in [0.15, 0.2) is 0 Å². The quantitative estimate of drug-likeness (QED) is 0.821. The molecule has 19 heavy (non-hydrogen) atoms. The number of hydrogen-bond donors (Lipinski definition) is 2. The van der Waals surface area contributed by atoms with Gasteiger partial charge in [0, 0.05) is 25.0 Å². The third kappa shape index (κ3) is 3.95. The smallest absolute Gasteiger partial charge is 0.220 e. The summed E-state index contributed by atoms with van der Waals surface area (Å²) in [6.07, 6.45) is 8.30. The Labute approximate surface area is 117 Å². The first-order chi connectivity index (χ1) is 9.01. The fourth-order valence-electron chi connectivity index (χ4n) is 3.54. The predicted molar refractivity (Wildman–Crippen MR) is 79.0 cm³/mol. The van der Waals surface area contributed by atoms with Crippen molar-refractivity contribution in [1.29, 1.82) is 0 Å². The van der Waals surface area contributed by atoms with Gasteiger partial charge in [0.1, 0.15) is 0 Å². The zero-order valence-corrected chi connectivity index (χ0v) is 12.8. The van der Waals surface area contributed by atoms with E-state index in [9.17, 15) is 4.79 Å². The standard InChI is InChI=1S/C16H30N2O/c1-4-16(2,3)12-5-7-13(8-6-12)18-14-9-10-15(19)17-11-14/h12-14,18H,4-11H2,1-3H3,(H,17,19). The van der Waals surface area contributed by atoms with Gasteiger partial charge in [-0.25, -0.2) is 0 Å². The number of amides is 1. The van der Waals surface area contributed by atoms with E-state index in [0.29, 0.717) is 23.9 Å². The van der Waals surface area contributed by atoms with Crippen molar-refractivity contribution in [3.8, 4) is 0 Å². The molecule has 1 saturated heterocycles. The minimum Gasteiger partial charge on any atom is -0.355 e. The van der Waals surface area contributed by atoms with Crippen LogP contribution in [0.2, 0.25) is 0 Å². The molecule has 2 aliphatic rings. The van der Waals surface area contributed by atoms with E-state index in [2.05, 4.69) is 31.4 Å². The van der Waals surface area contributed by atoms with Gasteiger partial charge in [-0.05, 0) is 43.4 Å². The Balaban J connectivity index is 1.73. The average Bonchev–Trinajstić information content (AvgIpc) is 2.42. The second-order valence-electron chi connectivity index (χ2n) is 7.10. The molecule has 1 amide bonds. The number of rotatable bonds is 4. The van der Waals surface area contributed by atoms with Crippen molar-refractivity contribution in [2.75, 3.05) is 6.54 Å². The Hall–Kier alpha value is -0.570. The van der Waals surface area contributed by atoms with Crippen molar-refractivity contribution in [2.24, 2.45) is 11.3 Å². The fourth-order valence-corrected chi connectivity index (χ4v) is 3.54. The molecule has 2 rings (SSSR count). The molecular weight excluding hydrogens is 236 g/mol. The lowest BCUT2D eigenvalue weighted by Crippen LogP contribution is -2.50. The van der Waals surface area contributed by atoms with Crippen LogP contribution in [0.1, 0.15) is 65.7 Å². The van der Waals surface area contributed by atoms with Crippen LogP contribution in [0.3, 0.4) is 0 Å². The predicted octanol–water partition coefficient (Wildman–Crippen LogP) is 2.85. The van der Waals surface area contributed by atoms with Gasteiger partial charge in [0.2, 0.25) is 5.91 Å². The summed E-state index contributed by atoms with van der Waals surface area (Å²) in [5.41, 5.74) is 0.504. The summed E-state index contributed by atoms with van der Waals surface area (Å²) in [4.78, 5) is 11.1. The molecule has 1 unspecified atom stereocenters. The van der Waals surface area contributed by atoms with Gasteiger partial charge in [-0.15, -0.1) is 0 Å². The SMILES string of the molecule is CCC(C)(C)C1CCC(NC2CCC(=O)NC2)CC1. The van der Waals surface area contributed by atoms with E-state index in [1.54, 1.807) is 0 Å². The molecule has 1 heterocycles. The first-order valence-electron chi connectivity index (χ1n) is 8.04. The van der Waals surface area contributed by atoms with Crippen LogP contribution >= 0.6 is 0 Å². The van der Waals surface area contributed by atoms with Crippen molar-refractivity contribution in [1.82, 2.24) is 10.6 Å². The Bertz CT molecular complexity index is 296. The Morgan fingerprint density at radius 3 is 2.37 bits per heavy atom. The summed E-state index contributed by atoms with van der Waals surface area (Å²) < 4.78 is 0. The molecule has 1 saturated carbocycles. The van der Waals surface area contributed by atoms with E-state index < -0.39 is 0 Å². The molecule has 110 valence electrons. The van der Waals surface area contributed by atoms with Crippen molar-refractivity contribution in [2.45, 2.75) is 77.8 Å². The van der Waals surface area contributed by atoms with E-state index in [1.807, 2.05) is 0 Å². The normalized spacial score (nSPS) is 33.0. The summed E-state index contributed by atoms with van der Waals surface area (Å²) in [5, 5.41) is 6.72. The number of carbonyl (C=O) groups is 1. The molecule has 0 aromatic carbocycles.